The average molecular weight is 777 g/mol. The van der Waals surface area contributed by atoms with Gasteiger partial charge in [-0.3, -0.25) is 0 Å². The first-order chi connectivity index (χ1) is 29.3. The van der Waals surface area contributed by atoms with Gasteiger partial charge in [0, 0.05) is 33.4 Å². The van der Waals surface area contributed by atoms with E-state index < -0.39 is 0 Å². The van der Waals surface area contributed by atoms with E-state index in [1.54, 1.807) is 0 Å². The van der Waals surface area contributed by atoms with Crippen LogP contribution in [-0.2, 0) is 5.41 Å². The zero-order valence-electron chi connectivity index (χ0n) is 34.8. The SMILES string of the molecule is CC(C)(C)c1ccc(-c2cc3c4c(c2)N(C25CC6CC(CC(C6)C2)C5)c2ccc(-c5ccccc5)cc2B4c2cc(-n4c5ccccc5c5ccccc54)ccc2O3)cc1. The number of nitrogens with zero attached hydrogens (tertiary/aromatic N) is 2. The first-order valence-corrected chi connectivity index (χ1v) is 22.4. The molecule has 0 N–H and O–H groups in total. The van der Waals surface area contributed by atoms with Crippen molar-refractivity contribution in [3.8, 4) is 39.4 Å². The van der Waals surface area contributed by atoms with E-state index in [0.717, 1.165) is 29.3 Å². The topological polar surface area (TPSA) is 17.4 Å². The Morgan fingerprint density at radius 1 is 0.533 bits per heavy atom. The molecular weight excluding hydrogens is 727 g/mol. The van der Waals surface area contributed by atoms with Crippen molar-refractivity contribution in [2.24, 2.45) is 17.8 Å². The summed E-state index contributed by atoms with van der Waals surface area (Å²) in [7, 11) is 0. The van der Waals surface area contributed by atoms with E-state index in [2.05, 4.69) is 182 Å². The van der Waals surface area contributed by atoms with E-state index in [9.17, 15) is 0 Å². The van der Waals surface area contributed by atoms with Crippen molar-refractivity contribution in [1.82, 2.24) is 4.57 Å². The summed E-state index contributed by atoms with van der Waals surface area (Å²) in [5.41, 5.74) is 16.8. The number of ether oxygens (including phenoxy) is 1. The highest BCUT2D eigenvalue weighted by Crippen LogP contribution is 2.60. The van der Waals surface area contributed by atoms with Crippen molar-refractivity contribution >= 4 is 56.3 Å². The molecule has 3 nitrogen and oxygen atoms in total. The maximum atomic E-state index is 7.27. The van der Waals surface area contributed by atoms with Gasteiger partial charge in [0.05, 0.1) is 11.0 Å². The quantitative estimate of drug-likeness (QED) is 0.166. The molecule has 7 aromatic carbocycles. The summed E-state index contributed by atoms with van der Waals surface area (Å²) in [5, 5.41) is 2.55. The van der Waals surface area contributed by atoms with Gasteiger partial charge in [0.2, 0.25) is 0 Å². The number of hydrogen-bond donors (Lipinski definition) is 0. The van der Waals surface area contributed by atoms with Crippen LogP contribution in [0.4, 0.5) is 11.4 Å². The van der Waals surface area contributed by atoms with Crippen LogP contribution in [-0.4, -0.2) is 16.8 Å². The standard InChI is InChI=1S/C56H49BN2O/c1-55(2,3)42-20-17-39(18-21-42)41-29-51-54-53(30-41)60-52-24-22-43(58-48-15-9-7-13-44(48)45-14-8-10-16-49(45)58)31-47(52)57(54)46-28-40(38-11-5-4-6-12-38)19-23-50(46)59(51)56-32-35-25-36(33-56)27-37(26-35)34-56/h4-24,28-31,35-37H,25-27,32-34H2,1-3H3. The molecule has 292 valence electrons. The molecule has 8 aromatic rings. The Morgan fingerprint density at radius 2 is 1.15 bits per heavy atom. The summed E-state index contributed by atoms with van der Waals surface area (Å²) < 4.78 is 9.73. The van der Waals surface area contributed by atoms with Crippen molar-refractivity contribution in [2.75, 3.05) is 4.90 Å². The van der Waals surface area contributed by atoms with Crippen LogP contribution in [0.15, 0.2) is 152 Å². The van der Waals surface area contributed by atoms with Crippen LogP contribution in [0.2, 0.25) is 0 Å². The first kappa shape index (κ1) is 34.8. The largest absolute Gasteiger partial charge is 0.458 e. The zero-order valence-corrected chi connectivity index (χ0v) is 34.8. The number of fused-ring (bicyclic) bond motifs is 7. The summed E-state index contributed by atoms with van der Waals surface area (Å²) in [4.78, 5) is 2.90. The van der Waals surface area contributed by atoms with Gasteiger partial charge in [-0.2, -0.15) is 0 Å². The second-order valence-electron chi connectivity index (χ2n) is 20.0. The van der Waals surface area contributed by atoms with E-state index in [1.165, 1.54) is 122 Å². The van der Waals surface area contributed by atoms with Gasteiger partial charge in [-0.25, -0.2) is 0 Å². The van der Waals surface area contributed by atoms with Gasteiger partial charge in [0.25, 0.3) is 6.71 Å². The van der Waals surface area contributed by atoms with Crippen LogP contribution in [0.1, 0.15) is 64.9 Å². The van der Waals surface area contributed by atoms with Crippen LogP contribution in [0.25, 0.3) is 49.7 Å². The molecule has 0 spiro atoms. The van der Waals surface area contributed by atoms with E-state index in [4.69, 9.17) is 4.74 Å². The Hall–Kier alpha value is -6.00. The van der Waals surface area contributed by atoms with Gasteiger partial charge in [-0.1, -0.05) is 124 Å². The third kappa shape index (κ3) is 5.09. The maximum Gasteiger partial charge on any atom is 0.256 e. The molecule has 0 radical (unpaired) electrons. The second kappa shape index (κ2) is 12.5. The van der Waals surface area contributed by atoms with Crippen LogP contribution in [0.5, 0.6) is 11.5 Å². The molecule has 0 atom stereocenters. The Balaban J connectivity index is 1.07. The summed E-state index contributed by atoms with van der Waals surface area (Å²) in [6, 6.07) is 57.3. The van der Waals surface area contributed by atoms with E-state index in [-0.39, 0.29) is 17.7 Å². The average Bonchev–Trinajstić information content (AvgIpc) is 3.60. The summed E-state index contributed by atoms with van der Waals surface area (Å²) in [5.74, 6) is 4.39. The fraction of sp³-hybridized carbons (Fsp3) is 0.250. The van der Waals surface area contributed by atoms with Crippen molar-refractivity contribution in [1.29, 1.82) is 0 Å². The predicted molar refractivity (Wildman–Crippen MR) is 251 cm³/mol. The Bertz CT molecular complexity index is 2960. The van der Waals surface area contributed by atoms with Crippen LogP contribution in [0, 0.1) is 17.8 Å². The van der Waals surface area contributed by atoms with Gasteiger partial charge in [-0.05, 0) is 154 Å². The molecule has 4 fully saturated rings. The number of benzene rings is 7. The minimum Gasteiger partial charge on any atom is -0.458 e. The van der Waals surface area contributed by atoms with E-state index >= 15 is 0 Å². The van der Waals surface area contributed by atoms with Crippen molar-refractivity contribution < 1.29 is 4.74 Å². The molecule has 1 aromatic heterocycles. The summed E-state index contributed by atoms with van der Waals surface area (Å²) in [6.45, 7) is 6.90. The predicted octanol–water partition coefficient (Wildman–Crippen LogP) is 12.5. The molecule has 0 amide bonds. The van der Waals surface area contributed by atoms with Gasteiger partial charge < -0.3 is 14.2 Å². The van der Waals surface area contributed by atoms with E-state index in [0.29, 0.717) is 0 Å². The maximum absolute atomic E-state index is 7.27. The fourth-order valence-corrected chi connectivity index (χ4v) is 13.1. The Labute approximate surface area is 353 Å². The summed E-state index contributed by atoms with van der Waals surface area (Å²) >= 11 is 0. The highest BCUT2D eigenvalue weighted by molar-refractivity contribution is 6.99. The van der Waals surface area contributed by atoms with E-state index in [1.807, 2.05) is 0 Å². The highest BCUT2D eigenvalue weighted by atomic mass is 16.5. The van der Waals surface area contributed by atoms with Gasteiger partial charge in [0.1, 0.15) is 11.5 Å². The zero-order chi connectivity index (χ0) is 39.9. The molecule has 0 unspecified atom stereocenters. The minimum atomic E-state index is 0.00734. The Morgan fingerprint density at radius 3 is 1.82 bits per heavy atom. The first-order valence-electron chi connectivity index (χ1n) is 22.4. The third-order valence-corrected chi connectivity index (χ3v) is 15.3. The molecule has 6 aliphatic rings. The third-order valence-electron chi connectivity index (χ3n) is 15.3. The molecule has 0 saturated heterocycles. The molecule has 4 heteroatoms. The molecular formula is C56H49BN2O. The summed E-state index contributed by atoms with van der Waals surface area (Å²) in [6.07, 6.45) is 8.07. The molecule has 14 rings (SSSR count). The lowest BCUT2D eigenvalue weighted by atomic mass is 9.33. The lowest BCUT2D eigenvalue weighted by Crippen LogP contribution is -2.66. The minimum absolute atomic E-state index is 0.00734. The number of para-hydroxylation sites is 2. The van der Waals surface area contributed by atoms with Gasteiger partial charge in [-0.15, -0.1) is 0 Å². The van der Waals surface area contributed by atoms with Crippen molar-refractivity contribution in [3.05, 3.63) is 157 Å². The molecule has 3 heterocycles. The number of hydrogen-bond acceptors (Lipinski definition) is 2. The Kier molecular flexibility index (Phi) is 7.27. The monoisotopic (exact) mass is 776 g/mol. The molecule has 60 heavy (non-hydrogen) atoms. The van der Waals surface area contributed by atoms with Gasteiger partial charge >= 0.3 is 0 Å². The highest BCUT2D eigenvalue weighted by Gasteiger charge is 2.56. The number of rotatable bonds is 4. The molecule has 4 saturated carbocycles. The van der Waals surface area contributed by atoms with Crippen LogP contribution < -0.4 is 26.0 Å². The number of aromatic nitrogens is 1. The second-order valence-corrected chi connectivity index (χ2v) is 20.0. The van der Waals surface area contributed by atoms with Gasteiger partial charge in [0.15, 0.2) is 0 Å². The molecule has 4 bridgehead atoms. The fourth-order valence-electron chi connectivity index (χ4n) is 13.1. The normalized spacial score (nSPS) is 22.1. The van der Waals surface area contributed by atoms with Crippen molar-refractivity contribution in [2.45, 2.75) is 70.3 Å². The van der Waals surface area contributed by atoms with Crippen molar-refractivity contribution in [3.63, 3.8) is 0 Å². The lowest BCUT2D eigenvalue weighted by molar-refractivity contribution is 0.000632. The number of anilines is 2. The lowest BCUT2D eigenvalue weighted by Gasteiger charge is -2.62. The molecule has 2 aliphatic heterocycles. The van der Waals surface area contributed by atoms with Crippen LogP contribution in [0.3, 0.4) is 0 Å². The molecule has 4 aliphatic carbocycles. The smallest absolute Gasteiger partial charge is 0.256 e. The van der Waals surface area contributed by atoms with Crippen LogP contribution >= 0.6 is 0 Å².